The molecule has 1 heterocycles. The Balaban J connectivity index is 1.77. The summed E-state index contributed by atoms with van der Waals surface area (Å²) in [6.45, 7) is 0. The van der Waals surface area contributed by atoms with Crippen molar-refractivity contribution in [3.63, 3.8) is 0 Å². The van der Waals surface area contributed by atoms with Gasteiger partial charge in [-0.1, -0.05) is 48.5 Å². The zero-order valence-electron chi connectivity index (χ0n) is 19.0. The number of ether oxygens (including phenoxy) is 1. The van der Waals surface area contributed by atoms with Gasteiger partial charge in [0.2, 0.25) is 0 Å². The monoisotopic (exact) mass is 462 g/mol. The fraction of sp³-hybridized carbons (Fsp3) is 0.103. The Morgan fingerprint density at radius 2 is 1.49 bits per heavy atom. The number of benzene rings is 3. The fourth-order valence-corrected chi connectivity index (χ4v) is 4.55. The lowest BCUT2D eigenvalue weighted by atomic mass is 9.67. The van der Waals surface area contributed by atoms with Gasteiger partial charge in [0.15, 0.2) is 11.6 Å². The minimum Gasteiger partial charge on any atom is -0.497 e. The van der Waals surface area contributed by atoms with Crippen LogP contribution in [0.4, 0.5) is 5.69 Å². The van der Waals surface area contributed by atoms with Gasteiger partial charge in [0, 0.05) is 5.57 Å². The second kappa shape index (κ2) is 8.99. The third kappa shape index (κ3) is 3.89. The zero-order chi connectivity index (χ0) is 24.4. The molecule has 0 N–H and O–H groups in total. The molecule has 1 unspecified atom stereocenters. The van der Waals surface area contributed by atoms with Gasteiger partial charge < -0.3 is 4.74 Å². The molecule has 1 aliphatic carbocycles. The van der Waals surface area contributed by atoms with Crippen LogP contribution >= 0.6 is 0 Å². The summed E-state index contributed by atoms with van der Waals surface area (Å²) in [6.07, 6.45) is 3.89. The molecule has 172 valence electrons. The molecule has 5 rings (SSSR count). The van der Waals surface area contributed by atoms with Gasteiger partial charge in [-0.15, -0.1) is 0 Å². The molecule has 0 aromatic heterocycles. The quantitative estimate of drug-likeness (QED) is 0.512. The van der Waals surface area contributed by atoms with Crippen LogP contribution in [0.25, 0.3) is 0 Å². The number of amides is 1. The molecule has 1 amide bonds. The minimum atomic E-state index is -1.50. The van der Waals surface area contributed by atoms with Crippen LogP contribution in [0.3, 0.4) is 0 Å². The Morgan fingerprint density at radius 3 is 2.14 bits per heavy atom. The Bertz CT molecular complexity index is 1390. The maximum absolute atomic E-state index is 14.3. The van der Waals surface area contributed by atoms with Crippen LogP contribution < -0.4 is 9.75 Å². The van der Waals surface area contributed by atoms with Gasteiger partial charge in [-0.25, -0.2) is 0 Å². The third-order valence-electron chi connectivity index (χ3n) is 6.25. The van der Waals surface area contributed by atoms with Crippen LogP contribution in [0, 0.1) is 5.41 Å². The highest BCUT2D eigenvalue weighted by Crippen LogP contribution is 2.45. The molecular weight excluding hydrogens is 440 g/mol. The van der Waals surface area contributed by atoms with Gasteiger partial charge >= 0.3 is 0 Å². The van der Waals surface area contributed by atoms with Crippen LogP contribution in [0.1, 0.15) is 11.1 Å². The molecule has 3 aromatic rings. The number of carbonyl (C=O) groups is 3. The fourth-order valence-electron chi connectivity index (χ4n) is 4.55. The topological polar surface area (TPSA) is 76.0 Å². The van der Waals surface area contributed by atoms with E-state index < -0.39 is 5.41 Å². The number of methoxy groups -OCH3 is 1. The summed E-state index contributed by atoms with van der Waals surface area (Å²) in [7, 11) is 1.58. The second-order valence-corrected chi connectivity index (χ2v) is 8.36. The van der Waals surface area contributed by atoms with E-state index in [1.54, 1.807) is 31.4 Å². The summed E-state index contributed by atoms with van der Waals surface area (Å²) in [6, 6.07) is 25.7. The first-order valence-corrected chi connectivity index (χ1v) is 11.2. The van der Waals surface area contributed by atoms with Gasteiger partial charge in [0.05, 0.1) is 18.5 Å². The normalized spacial score (nSPS) is 19.6. The lowest BCUT2D eigenvalue weighted by Crippen LogP contribution is -2.46. The van der Waals surface area contributed by atoms with Crippen LogP contribution in [0.2, 0.25) is 0 Å². The number of hydrogen-bond acceptors (Lipinski definition) is 5. The van der Waals surface area contributed by atoms with Crippen LogP contribution in [-0.2, 0) is 20.8 Å². The number of ketones is 2. The van der Waals surface area contributed by atoms with Crippen molar-refractivity contribution in [1.29, 1.82) is 0 Å². The molecule has 6 nitrogen and oxygen atoms in total. The first kappa shape index (κ1) is 22.2. The highest BCUT2D eigenvalue weighted by molar-refractivity contribution is 6.33. The molecular formula is C29H22N2O4. The molecule has 1 aliphatic heterocycles. The van der Waals surface area contributed by atoms with E-state index in [9.17, 15) is 14.4 Å². The van der Waals surface area contributed by atoms with Crippen LogP contribution in [-0.4, -0.2) is 30.3 Å². The summed E-state index contributed by atoms with van der Waals surface area (Å²) in [5, 5.41) is 6.11. The highest BCUT2D eigenvalue weighted by atomic mass is 16.5. The van der Waals surface area contributed by atoms with E-state index in [0.29, 0.717) is 22.7 Å². The number of rotatable bonds is 6. The van der Waals surface area contributed by atoms with E-state index in [4.69, 9.17) is 9.84 Å². The number of anilines is 1. The molecule has 0 bridgehead atoms. The van der Waals surface area contributed by atoms with E-state index in [2.05, 4.69) is 0 Å². The van der Waals surface area contributed by atoms with Gasteiger partial charge in [-0.2, -0.15) is 10.1 Å². The summed E-state index contributed by atoms with van der Waals surface area (Å²) < 4.78 is 5.30. The van der Waals surface area contributed by atoms with E-state index >= 15 is 0 Å². The van der Waals surface area contributed by atoms with Crippen molar-refractivity contribution >= 4 is 28.9 Å². The van der Waals surface area contributed by atoms with Crippen molar-refractivity contribution in [2.24, 2.45) is 10.5 Å². The second-order valence-electron chi connectivity index (χ2n) is 8.36. The Kier molecular flexibility index (Phi) is 5.71. The average molecular weight is 463 g/mol. The zero-order valence-corrected chi connectivity index (χ0v) is 19.0. The maximum Gasteiger partial charge on any atom is 0.264 e. The van der Waals surface area contributed by atoms with Crippen molar-refractivity contribution in [3.8, 4) is 5.75 Å². The molecule has 2 aliphatic rings. The van der Waals surface area contributed by atoms with Gasteiger partial charge in [0.25, 0.3) is 5.91 Å². The van der Waals surface area contributed by atoms with E-state index in [-0.39, 0.29) is 29.5 Å². The van der Waals surface area contributed by atoms with Crippen molar-refractivity contribution in [2.45, 2.75) is 6.42 Å². The predicted molar refractivity (Wildman–Crippen MR) is 133 cm³/mol. The van der Waals surface area contributed by atoms with Crippen molar-refractivity contribution < 1.29 is 19.1 Å². The standard InChI is InChI=1S/C29H22N2O4/c1-35-24-15-12-21(13-16-24)27-29(19-20-8-4-2-5-9-20,25-18-23(32)14-17-26(25)33)28(34)31(30-27)22-10-6-3-7-11-22/h2-18H,19H2,1H3. The molecule has 1 atom stereocenters. The summed E-state index contributed by atoms with van der Waals surface area (Å²) >= 11 is 0. The van der Waals surface area contributed by atoms with Crippen molar-refractivity contribution in [2.75, 3.05) is 12.1 Å². The number of hydrazone groups is 1. The van der Waals surface area contributed by atoms with Gasteiger partial charge in [0.1, 0.15) is 11.2 Å². The molecule has 0 radical (unpaired) electrons. The lowest BCUT2D eigenvalue weighted by Gasteiger charge is -2.32. The summed E-state index contributed by atoms with van der Waals surface area (Å²) in [5.41, 5.74) is 1.09. The van der Waals surface area contributed by atoms with Crippen LogP contribution in [0.5, 0.6) is 5.75 Å². The number of carbonyl (C=O) groups excluding carboxylic acids is 3. The predicted octanol–water partition coefficient (Wildman–Crippen LogP) is 4.31. The van der Waals surface area contributed by atoms with Crippen molar-refractivity contribution in [1.82, 2.24) is 0 Å². The Labute approximate surface area is 202 Å². The van der Waals surface area contributed by atoms with Gasteiger partial charge in [-0.3, -0.25) is 14.4 Å². The number of para-hydroxylation sites is 1. The molecule has 35 heavy (non-hydrogen) atoms. The molecule has 0 spiro atoms. The maximum atomic E-state index is 14.3. The number of allylic oxidation sites excluding steroid dienone is 3. The summed E-state index contributed by atoms with van der Waals surface area (Å²) in [5.74, 6) is -0.462. The molecule has 0 fully saturated rings. The molecule has 0 saturated carbocycles. The first-order valence-electron chi connectivity index (χ1n) is 11.2. The smallest absolute Gasteiger partial charge is 0.264 e. The lowest BCUT2D eigenvalue weighted by molar-refractivity contribution is -0.124. The highest BCUT2D eigenvalue weighted by Gasteiger charge is 2.56. The molecule has 0 saturated heterocycles. The molecule has 3 aromatic carbocycles. The third-order valence-corrected chi connectivity index (χ3v) is 6.25. The number of nitrogens with zero attached hydrogens (tertiary/aromatic N) is 2. The minimum absolute atomic E-state index is 0.117. The van der Waals surface area contributed by atoms with E-state index in [1.807, 2.05) is 60.7 Å². The Hall–Kier alpha value is -4.58. The molecule has 6 heteroatoms. The van der Waals surface area contributed by atoms with Crippen molar-refractivity contribution in [3.05, 3.63) is 120 Å². The average Bonchev–Trinajstić information content (AvgIpc) is 3.19. The Morgan fingerprint density at radius 1 is 0.829 bits per heavy atom. The number of hydrogen-bond donors (Lipinski definition) is 0. The first-order chi connectivity index (χ1) is 17.0. The van der Waals surface area contributed by atoms with Crippen LogP contribution in [0.15, 0.2) is 114 Å². The largest absolute Gasteiger partial charge is 0.497 e. The SMILES string of the molecule is COc1ccc(C2=NN(c3ccccc3)C(=O)C2(Cc2ccccc2)C2=CC(=O)C=CC2=O)cc1. The van der Waals surface area contributed by atoms with Gasteiger partial charge in [-0.05, 0) is 72.2 Å². The van der Waals surface area contributed by atoms with E-state index in [0.717, 1.165) is 5.56 Å². The summed E-state index contributed by atoms with van der Waals surface area (Å²) in [4.78, 5) is 40.0. The van der Waals surface area contributed by atoms with E-state index in [1.165, 1.54) is 23.2 Å².